The van der Waals surface area contributed by atoms with Crippen LogP contribution in [0.5, 0.6) is 0 Å². The molecule has 0 radical (unpaired) electrons. The molecule has 0 N–H and O–H groups in total. The van der Waals surface area contributed by atoms with Crippen LogP contribution in [-0.2, 0) is 9.53 Å². The quantitative estimate of drug-likeness (QED) is 0.602. The summed E-state index contributed by atoms with van der Waals surface area (Å²) in [4.78, 5) is 14.6. The number of carbonyl (C=O) groups is 1. The number of hydrogen-bond donors (Lipinski definition) is 0. The van der Waals surface area contributed by atoms with E-state index in [1.54, 1.807) is 7.11 Å². The lowest BCUT2D eigenvalue weighted by Gasteiger charge is -2.31. The van der Waals surface area contributed by atoms with Gasteiger partial charge in [-0.3, -0.25) is 9.69 Å². The molecule has 2 aliphatic carbocycles. The molecule has 3 heteroatoms. The van der Waals surface area contributed by atoms with Gasteiger partial charge < -0.3 is 4.74 Å². The van der Waals surface area contributed by atoms with Crippen molar-refractivity contribution in [2.45, 2.75) is 31.2 Å². The monoisotopic (exact) mass is 207 g/mol. The molecule has 3 nitrogen and oxygen atoms in total. The molecule has 4 rings (SSSR count). The smallest absolute Gasteiger partial charge is 0.326 e. The van der Waals surface area contributed by atoms with Gasteiger partial charge in [0.2, 0.25) is 0 Å². The predicted octanol–water partition coefficient (Wildman–Crippen LogP) is 1.03. The molecule has 0 amide bonds. The molecule has 82 valence electrons. The first-order valence-electron chi connectivity index (χ1n) is 6.04. The van der Waals surface area contributed by atoms with E-state index < -0.39 is 0 Å². The van der Waals surface area contributed by atoms with E-state index in [0.717, 1.165) is 25.4 Å². The molecule has 0 bridgehead atoms. The van der Waals surface area contributed by atoms with Crippen LogP contribution in [0.3, 0.4) is 0 Å². The zero-order chi connectivity index (χ0) is 10.3. The minimum Gasteiger partial charge on any atom is -0.468 e. The lowest BCUT2D eigenvalue weighted by Crippen LogP contribution is -2.49. The van der Waals surface area contributed by atoms with E-state index in [2.05, 4.69) is 4.90 Å². The molecule has 2 heterocycles. The second-order valence-electron chi connectivity index (χ2n) is 6.08. The van der Waals surface area contributed by atoms with Gasteiger partial charge in [0.25, 0.3) is 0 Å². The number of piperidine rings is 1. The average molecular weight is 207 g/mol. The number of fused-ring (bicyclic) bond motifs is 3. The predicted molar refractivity (Wildman–Crippen MR) is 54.2 cm³/mol. The maximum Gasteiger partial charge on any atom is 0.326 e. The fraction of sp³-hybridized carbons (Fsp3) is 0.917. The van der Waals surface area contributed by atoms with Crippen molar-refractivity contribution in [1.82, 2.24) is 4.90 Å². The molecule has 15 heavy (non-hydrogen) atoms. The van der Waals surface area contributed by atoms with Crippen LogP contribution < -0.4 is 0 Å². The summed E-state index contributed by atoms with van der Waals surface area (Å²) in [5, 5.41) is 0. The second kappa shape index (κ2) is 2.24. The van der Waals surface area contributed by atoms with Crippen LogP contribution in [0.2, 0.25) is 0 Å². The van der Waals surface area contributed by atoms with Crippen LogP contribution in [0, 0.1) is 17.3 Å². The highest BCUT2D eigenvalue weighted by Crippen LogP contribution is 2.68. The number of esters is 1. The molecule has 4 aliphatic rings. The van der Waals surface area contributed by atoms with Crippen LogP contribution in [0.4, 0.5) is 0 Å². The summed E-state index contributed by atoms with van der Waals surface area (Å²) in [6, 6.07) is 0. The number of nitrogens with zero attached hydrogens (tertiary/aromatic N) is 1. The maximum absolute atomic E-state index is 12.1. The van der Waals surface area contributed by atoms with Crippen molar-refractivity contribution in [1.29, 1.82) is 0 Å². The number of methoxy groups -OCH3 is 1. The average Bonchev–Trinajstić information content (AvgIpc) is 3.06. The van der Waals surface area contributed by atoms with Crippen LogP contribution in [0.1, 0.15) is 25.7 Å². The Morgan fingerprint density at radius 1 is 1.47 bits per heavy atom. The molecule has 1 spiro atoms. The molecular formula is C12H17NO2. The Hall–Kier alpha value is -0.570. The largest absolute Gasteiger partial charge is 0.468 e. The second-order valence-corrected chi connectivity index (χ2v) is 6.08. The molecule has 4 fully saturated rings. The number of rotatable bonds is 1. The van der Waals surface area contributed by atoms with Crippen LogP contribution >= 0.6 is 0 Å². The van der Waals surface area contributed by atoms with Gasteiger partial charge in [0.15, 0.2) is 0 Å². The zero-order valence-electron chi connectivity index (χ0n) is 9.16. The number of carbonyl (C=O) groups excluding carboxylic acids is 1. The van der Waals surface area contributed by atoms with Crippen molar-refractivity contribution in [2.24, 2.45) is 17.3 Å². The van der Waals surface area contributed by atoms with Crippen LogP contribution in [0.15, 0.2) is 0 Å². The van der Waals surface area contributed by atoms with Crippen LogP contribution in [0.25, 0.3) is 0 Å². The first-order chi connectivity index (χ1) is 7.20. The Morgan fingerprint density at radius 2 is 2.27 bits per heavy atom. The number of hydrogen-bond acceptors (Lipinski definition) is 3. The highest BCUT2D eigenvalue weighted by atomic mass is 16.5. The summed E-state index contributed by atoms with van der Waals surface area (Å²) < 4.78 is 5.08. The highest BCUT2D eigenvalue weighted by molar-refractivity contribution is 5.83. The summed E-state index contributed by atoms with van der Waals surface area (Å²) in [5.41, 5.74) is 0.331. The summed E-state index contributed by atoms with van der Waals surface area (Å²) in [6.07, 6.45) is 5.02. The molecule has 3 atom stereocenters. The lowest BCUT2D eigenvalue weighted by molar-refractivity contribution is -0.153. The van der Waals surface area contributed by atoms with E-state index in [0.29, 0.717) is 11.3 Å². The Balaban J connectivity index is 1.75. The van der Waals surface area contributed by atoms with Gasteiger partial charge in [-0.2, -0.15) is 0 Å². The summed E-state index contributed by atoms with van der Waals surface area (Å²) >= 11 is 0. The van der Waals surface area contributed by atoms with Gasteiger partial charge in [-0.05, 0) is 42.9 Å². The normalized spacial score (nSPS) is 48.9. The Morgan fingerprint density at radius 3 is 2.93 bits per heavy atom. The van der Waals surface area contributed by atoms with Crippen molar-refractivity contribution < 1.29 is 9.53 Å². The van der Waals surface area contributed by atoms with E-state index in [1.165, 1.54) is 19.3 Å². The molecule has 2 saturated heterocycles. The van der Waals surface area contributed by atoms with Crippen molar-refractivity contribution in [3.63, 3.8) is 0 Å². The fourth-order valence-corrected chi connectivity index (χ4v) is 4.24. The molecule has 0 unspecified atom stereocenters. The molecular weight excluding hydrogens is 190 g/mol. The van der Waals surface area contributed by atoms with E-state index in [9.17, 15) is 4.79 Å². The SMILES string of the molecule is COC(=O)[C@]12CC3(CC3)CN1C[C@H]1C[C@H]12. The maximum atomic E-state index is 12.1. The minimum absolute atomic E-state index is 0.0521. The van der Waals surface area contributed by atoms with E-state index >= 15 is 0 Å². The van der Waals surface area contributed by atoms with Gasteiger partial charge in [-0.25, -0.2) is 0 Å². The Kier molecular flexibility index (Phi) is 1.28. The summed E-state index contributed by atoms with van der Waals surface area (Å²) in [5.74, 6) is 1.49. The number of ether oxygens (including phenoxy) is 1. The van der Waals surface area contributed by atoms with Gasteiger partial charge in [-0.1, -0.05) is 0 Å². The first kappa shape index (κ1) is 8.57. The standard InChI is InChI=1S/C12H17NO2/c1-15-10(14)12-6-11(2-3-11)7-13(12)5-8-4-9(8)12/h8-9H,2-7H2,1H3/t8-,9-,12-/m1/s1. The third-order valence-electron chi connectivity index (χ3n) is 5.22. The molecule has 2 aliphatic heterocycles. The van der Waals surface area contributed by atoms with Crippen molar-refractivity contribution in [3.8, 4) is 0 Å². The van der Waals surface area contributed by atoms with Crippen molar-refractivity contribution in [2.75, 3.05) is 20.2 Å². The highest BCUT2D eigenvalue weighted by Gasteiger charge is 2.73. The van der Waals surface area contributed by atoms with Crippen molar-refractivity contribution in [3.05, 3.63) is 0 Å². The summed E-state index contributed by atoms with van der Waals surface area (Å²) in [7, 11) is 1.54. The van der Waals surface area contributed by atoms with Gasteiger partial charge in [0, 0.05) is 13.1 Å². The zero-order valence-corrected chi connectivity index (χ0v) is 9.16. The lowest BCUT2D eigenvalue weighted by atomic mass is 9.86. The van der Waals surface area contributed by atoms with E-state index in [4.69, 9.17) is 4.74 Å². The third kappa shape index (κ3) is 0.850. The molecule has 2 saturated carbocycles. The third-order valence-corrected chi connectivity index (χ3v) is 5.22. The fourth-order valence-electron chi connectivity index (χ4n) is 4.24. The van der Waals surface area contributed by atoms with Gasteiger partial charge in [-0.15, -0.1) is 0 Å². The molecule has 0 aromatic carbocycles. The topological polar surface area (TPSA) is 29.5 Å². The molecule has 0 aromatic heterocycles. The first-order valence-corrected chi connectivity index (χ1v) is 6.04. The van der Waals surface area contributed by atoms with Crippen LogP contribution in [-0.4, -0.2) is 36.6 Å². The summed E-state index contributed by atoms with van der Waals surface area (Å²) in [6.45, 7) is 2.32. The van der Waals surface area contributed by atoms with Gasteiger partial charge >= 0.3 is 5.97 Å². The molecule has 0 aromatic rings. The Labute approximate surface area is 89.8 Å². The van der Waals surface area contributed by atoms with Gasteiger partial charge in [0.1, 0.15) is 5.54 Å². The van der Waals surface area contributed by atoms with Gasteiger partial charge in [0.05, 0.1) is 7.11 Å². The van der Waals surface area contributed by atoms with Crippen molar-refractivity contribution >= 4 is 5.97 Å². The van der Waals surface area contributed by atoms with E-state index in [-0.39, 0.29) is 11.5 Å². The van der Waals surface area contributed by atoms with E-state index in [1.807, 2.05) is 0 Å². The Bertz CT molecular complexity index is 350. The minimum atomic E-state index is -0.185.